The average molecular weight is 214 g/mol. The van der Waals surface area contributed by atoms with Gasteiger partial charge in [0.2, 0.25) is 0 Å². The summed E-state index contributed by atoms with van der Waals surface area (Å²) in [4.78, 5) is 4.44. The molecule has 1 aliphatic rings. The first-order valence-corrected chi connectivity index (χ1v) is 5.43. The Labute approximate surface area is 87.0 Å². The molecule has 4 nitrogen and oxygen atoms in total. The molecule has 1 atom stereocenters. The highest BCUT2D eigenvalue weighted by Gasteiger charge is 2.34. The van der Waals surface area contributed by atoms with Gasteiger partial charge >= 0.3 is 0 Å². The third-order valence-electron chi connectivity index (χ3n) is 2.38. The summed E-state index contributed by atoms with van der Waals surface area (Å²) in [6.45, 7) is 1.86. The molecule has 0 saturated carbocycles. The Bertz CT molecular complexity index is 308. The number of ether oxygens (including phenoxy) is 2. The van der Waals surface area contributed by atoms with E-state index in [0.717, 1.165) is 23.7 Å². The number of nitrogens with zero attached hydrogens (tertiary/aromatic N) is 1. The van der Waals surface area contributed by atoms with Gasteiger partial charge in [-0.3, -0.25) is 0 Å². The molecule has 0 amide bonds. The van der Waals surface area contributed by atoms with Crippen molar-refractivity contribution in [1.82, 2.24) is 4.98 Å². The van der Waals surface area contributed by atoms with Crippen molar-refractivity contribution in [2.75, 3.05) is 20.3 Å². The van der Waals surface area contributed by atoms with Crippen LogP contribution in [0.5, 0.6) is 0 Å². The lowest BCUT2D eigenvalue weighted by Crippen LogP contribution is -2.37. The first-order chi connectivity index (χ1) is 6.74. The van der Waals surface area contributed by atoms with Crippen LogP contribution < -0.4 is 5.73 Å². The quantitative estimate of drug-likeness (QED) is 0.811. The molecule has 14 heavy (non-hydrogen) atoms. The maximum Gasteiger partial charge on any atom is 0.119 e. The van der Waals surface area contributed by atoms with Gasteiger partial charge in [-0.2, -0.15) is 0 Å². The van der Waals surface area contributed by atoms with E-state index in [9.17, 15) is 0 Å². The molecule has 2 N–H and O–H groups in total. The molecule has 0 radical (unpaired) electrons. The minimum absolute atomic E-state index is 0.373. The molecule has 0 aromatic carbocycles. The van der Waals surface area contributed by atoms with Gasteiger partial charge in [0, 0.05) is 19.1 Å². The minimum atomic E-state index is -0.373. The summed E-state index contributed by atoms with van der Waals surface area (Å²) in [7, 11) is 1.66. The Balaban J connectivity index is 2.15. The molecule has 5 heteroatoms. The summed E-state index contributed by atoms with van der Waals surface area (Å²) in [5, 5.41) is 2.97. The lowest BCUT2D eigenvalue weighted by molar-refractivity contribution is 0.176. The molecule has 0 bridgehead atoms. The maximum atomic E-state index is 6.17. The largest absolute Gasteiger partial charge is 0.379 e. The summed E-state index contributed by atoms with van der Waals surface area (Å²) in [6, 6.07) is 0. The van der Waals surface area contributed by atoms with Crippen molar-refractivity contribution in [3.8, 4) is 0 Å². The molecule has 1 fully saturated rings. The van der Waals surface area contributed by atoms with E-state index >= 15 is 0 Å². The predicted octanol–water partition coefficient (Wildman–Crippen LogP) is 0.864. The number of thiazole rings is 1. The van der Waals surface area contributed by atoms with Crippen molar-refractivity contribution in [2.45, 2.75) is 18.6 Å². The first-order valence-electron chi connectivity index (χ1n) is 4.55. The first kappa shape index (κ1) is 10.0. The van der Waals surface area contributed by atoms with Crippen LogP contribution in [-0.4, -0.2) is 25.3 Å². The van der Waals surface area contributed by atoms with Gasteiger partial charge in [0.1, 0.15) is 5.01 Å². The van der Waals surface area contributed by atoms with Gasteiger partial charge in [0.05, 0.1) is 24.4 Å². The van der Waals surface area contributed by atoms with E-state index in [1.54, 1.807) is 18.4 Å². The van der Waals surface area contributed by atoms with Gasteiger partial charge in [-0.05, 0) is 6.42 Å². The van der Waals surface area contributed by atoms with Gasteiger partial charge in [-0.15, -0.1) is 11.3 Å². The lowest BCUT2D eigenvalue weighted by Gasteiger charge is -2.18. The third kappa shape index (κ3) is 1.81. The predicted molar refractivity (Wildman–Crippen MR) is 54.1 cm³/mol. The van der Waals surface area contributed by atoms with Crippen LogP contribution in [-0.2, 0) is 21.6 Å². The zero-order valence-corrected chi connectivity index (χ0v) is 8.97. The van der Waals surface area contributed by atoms with E-state index in [-0.39, 0.29) is 5.54 Å². The topological polar surface area (TPSA) is 57.4 Å². The van der Waals surface area contributed by atoms with Crippen molar-refractivity contribution in [2.24, 2.45) is 5.73 Å². The number of hydrogen-bond acceptors (Lipinski definition) is 5. The second kappa shape index (κ2) is 3.94. The van der Waals surface area contributed by atoms with E-state index < -0.39 is 0 Å². The lowest BCUT2D eigenvalue weighted by atomic mass is 9.97. The average Bonchev–Trinajstić information content (AvgIpc) is 2.75. The fraction of sp³-hybridized carbons (Fsp3) is 0.667. The molecule has 2 rings (SSSR count). The molecule has 0 aliphatic carbocycles. The van der Waals surface area contributed by atoms with Crippen molar-refractivity contribution >= 4 is 11.3 Å². The second-order valence-corrected chi connectivity index (χ2v) is 4.46. The highest BCUT2D eigenvalue weighted by atomic mass is 32.1. The Morgan fingerprint density at radius 3 is 3.29 bits per heavy atom. The number of rotatable bonds is 3. The number of aromatic nitrogens is 1. The van der Waals surface area contributed by atoms with Crippen molar-refractivity contribution in [3.63, 3.8) is 0 Å². The van der Waals surface area contributed by atoms with Crippen LogP contribution in [0.2, 0.25) is 0 Å². The summed E-state index contributed by atoms with van der Waals surface area (Å²) >= 11 is 1.59. The minimum Gasteiger partial charge on any atom is -0.379 e. The van der Waals surface area contributed by atoms with Crippen LogP contribution in [0, 0.1) is 0 Å². The van der Waals surface area contributed by atoms with E-state index in [0.29, 0.717) is 13.2 Å². The van der Waals surface area contributed by atoms with Crippen molar-refractivity contribution < 1.29 is 9.47 Å². The number of hydrogen-bond donors (Lipinski definition) is 1. The molecule has 1 aromatic rings. The molecule has 1 unspecified atom stereocenters. The Hall–Kier alpha value is -0.490. The molecular formula is C9H14N2O2S. The van der Waals surface area contributed by atoms with Crippen molar-refractivity contribution in [1.29, 1.82) is 0 Å². The van der Waals surface area contributed by atoms with Crippen LogP contribution in [0.1, 0.15) is 17.1 Å². The number of methoxy groups -OCH3 is 1. The van der Waals surface area contributed by atoms with Gasteiger partial charge < -0.3 is 15.2 Å². The smallest absolute Gasteiger partial charge is 0.119 e. The molecule has 1 aliphatic heterocycles. The van der Waals surface area contributed by atoms with E-state index in [4.69, 9.17) is 15.2 Å². The van der Waals surface area contributed by atoms with Crippen molar-refractivity contribution in [3.05, 3.63) is 16.1 Å². The summed E-state index contributed by atoms with van der Waals surface area (Å²) in [5.74, 6) is 0. The summed E-state index contributed by atoms with van der Waals surface area (Å²) in [6.07, 6.45) is 0.850. The van der Waals surface area contributed by atoms with E-state index in [1.807, 2.05) is 5.38 Å². The Morgan fingerprint density at radius 2 is 2.64 bits per heavy atom. The van der Waals surface area contributed by atoms with Gasteiger partial charge in [-0.1, -0.05) is 0 Å². The maximum absolute atomic E-state index is 6.17. The molecule has 2 heterocycles. The highest BCUT2D eigenvalue weighted by molar-refractivity contribution is 7.09. The summed E-state index contributed by atoms with van der Waals surface area (Å²) < 4.78 is 10.3. The zero-order valence-electron chi connectivity index (χ0n) is 8.16. The second-order valence-electron chi connectivity index (χ2n) is 3.52. The van der Waals surface area contributed by atoms with Crippen LogP contribution in [0.15, 0.2) is 5.38 Å². The van der Waals surface area contributed by atoms with Crippen LogP contribution >= 0.6 is 11.3 Å². The fourth-order valence-corrected chi connectivity index (χ4v) is 2.38. The third-order valence-corrected chi connectivity index (χ3v) is 3.20. The Kier molecular flexibility index (Phi) is 2.83. The van der Waals surface area contributed by atoms with Gasteiger partial charge in [0.15, 0.2) is 0 Å². The standard InChI is InChI=1S/C9H14N2O2S/c1-12-4-8-11-7(5-14-8)9(10)2-3-13-6-9/h5H,2-4,6,10H2,1H3. The van der Waals surface area contributed by atoms with E-state index in [1.165, 1.54) is 0 Å². The van der Waals surface area contributed by atoms with Crippen LogP contribution in [0.25, 0.3) is 0 Å². The summed E-state index contributed by atoms with van der Waals surface area (Å²) in [5.41, 5.74) is 6.73. The normalized spacial score (nSPS) is 27.0. The van der Waals surface area contributed by atoms with Crippen LogP contribution in [0.4, 0.5) is 0 Å². The van der Waals surface area contributed by atoms with Crippen LogP contribution in [0.3, 0.4) is 0 Å². The molecular weight excluding hydrogens is 200 g/mol. The Morgan fingerprint density at radius 1 is 1.79 bits per heavy atom. The molecule has 78 valence electrons. The highest BCUT2D eigenvalue weighted by Crippen LogP contribution is 2.28. The molecule has 0 spiro atoms. The number of nitrogens with two attached hydrogens (primary N) is 1. The molecule has 1 aromatic heterocycles. The van der Waals surface area contributed by atoms with Gasteiger partial charge in [-0.25, -0.2) is 4.98 Å². The van der Waals surface area contributed by atoms with Gasteiger partial charge in [0.25, 0.3) is 0 Å². The SMILES string of the molecule is COCc1nc(C2(N)CCOC2)cs1. The monoisotopic (exact) mass is 214 g/mol. The fourth-order valence-electron chi connectivity index (χ4n) is 1.51. The van der Waals surface area contributed by atoms with E-state index in [2.05, 4.69) is 4.98 Å². The zero-order chi connectivity index (χ0) is 10.0. The molecule has 1 saturated heterocycles.